The largest absolute Gasteiger partial charge is 0.324 e. The molecule has 2 fully saturated rings. The maximum atomic E-state index is 13.7. The van der Waals surface area contributed by atoms with Crippen molar-refractivity contribution in [1.82, 2.24) is 4.90 Å². The number of nitrogens with zero attached hydrogens (tertiary/aromatic N) is 2. The smallest absolute Gasteiger partial charge is 0.249 e. The molecule has 1 saturated heterocycles. The number of hydrogen-bond donors (Lipinski definition) is 0. The quantitative estimate of drug-likeness (QED) is 0.715. The van der Waals surface area contributed by atoms with Crippen molar-refractivity contribution in [1.29, 1.82) is 0 Å². The SMILES string of the molecule is O=C(C1CC2CCCCC2N1C(=O)C=Cc1ccccc1)N1CCc2ccccc21. The predicted molar refractivity (Wildman–Crippen MR) is 119 cm³/mol. The maximum absolute atomic E-state index is 13.7. The lowest BCUT2D eigenvalue weighted by atomic mass is 9.84. The highest BCUT2D eigenvalue weighted by Gasteiger charge is 2.48. The molecule has 154 valence electrons. The van der Waals surface area contributed by atoms with Crippen LogP contribution in [0, 0.1) is 5.92 Å². The van der Waals surface area contributed by atoms with E-state index in [1.807, 2.05) is 64.4 Å². The average molecular weight is 401 g/mol. The zero-order chi connectivity index (χ0) is 20.5. The minimum atomic E-state index is -0.350. The van der Waals surface area contributed by atoms with Crippen LogP contribution < -0.4 is 4.90 Å². The van der Waals surface area contributed by atoms with Crippen molar-refractivity contribution in [3.8, 4) is 0 Å². The molecule has 2 heterocycles. The Morgan fingerprint density at radius 2 is 1.70 bits per heavy atom. The second-order valence-electron chi connectivity index (χ2n) is 8.72. The standard InChI is InChI=1S/C26H28N2O2/c29-25(15-14-19-8-2-1-3-9-19)28-23-13-7-5-11-21(23)18-24(28)26(30)27-17-16-20-10-4-6-12-22(20)27/h1-4,6,8-10,12,14-15,21,23-24H,5,7,11,13,16-18H2. The summed E-state index contributed by atoms with van der Waals surface area (Å²) in [4.78, 5) is 30.8. The summed E-state index contributed by atoms with van der Waals surface area (Å²) in [6.07, 6.45) is 9.69. The number of carbonyl (C=O) groups excluding carboxylic acids is 2. The minimum Gasteiger partial charge on any atom is -0.324 e. The van der Waals surface area contributed by atoms with Crippen molar-refractivity contribution < 1.29 is 9.59 Å². The molecule has 0 bridgehead atoms. The molecule has 1 aliphatic carbocycles. The van der Waals surface area contributed by atoms with Crippen molar-refractivity contribution in [2.24, 2.45) is 5.92 Å². The van der Waals surface area contributed by atoms with Crippen LogP contribution in [0.5, 0.6) is 0 Å². The molecule has 0 N–H and O–H groups in total. The number of likely N-dealkylation sites (tertiary alicyclic amines) is 1. The molecule has 30 heavy (non-hydrogen) atoms. The molecule has 0 radical (unpaired) electrons. The van der Waals surface area contributed by atoms with E-state index in [0.29, 0.717) is 12.5 Å². The second kappa shape index (κ2) is 8.10. The number of anilines is 1. The average Bonchev–Trinajstić information content (AvgIpc) is 3.39. The van der Waals surface area contributed by atoms with Crippen LogP contribution in [0.1, 0.15) is 43.2 Å². The van der Waals surface area contributed by atoms with E-state index >= 15 is 0 Å². The summed E-state index contributed by atoms with van der Waals surface area (Å²) in [5, 5.41) is 0. The minimum absolute atomic E-state index is 0.0286. The van der Waals surface area contributed by atoms with Crippen molar-refractivity contribution >= 4 is 23.6 Å². The Bertz CT molecular complexity index is 968. The topological polar surface area (TPSA) is 40.6 Å². The molecule has 0 aromatic heterocycles. The fraction of sp³-hybridized carbons (Fsp3) is 0.385. The molecule has 4 heteroatoms. The van der Waals surface area contributed by atoms with Crippen LogP contribution in [0.3, 0.4) is 0 Å². The van der Waals surface area contributed by atoms with Gasteiger partial charge < -0.3 is 9.80 Å². The fourth-order valence-corrected chi connectivity index (χ4v) is 5.56. The third-order valence-electron chi connectivity index (χ3n) is 7.00. The molecule has 0 spiro atoms. The molecule has 2 aromatic carbocycles. The van der Waals surface area contributed by atoms with Crippen molar-refractivity contribution in [2.45, 2.75) is 50.6 Å². The van der Waals surface area contributed by atoms with Crippen LogP contribution in [0.2, 0.25) is 0 Å². The van der Waals surface area contributed by atoms with Crippen LogP contribution in [-0.2, 0) is 16.0 Å². The molecule has 2 amide bonds. The van der Waals surface area contributed by atoms with Gasteiger partial charge in [0.05, 0.1) is 0 Å². The van der Waals surface area contributed by atoms with Gasteiger partial charge >= 0.3 is 0 Å². The first-order chi connectivity index (χ1) is 14.7. The Kier molecular flexibility index (Phi) is 5.16. The van der Waals surface area contributed by atoms with Crippen LogP contribution in [0.15, 0.2) is 60.7 Å². The Hall–Kier alpha value is -2.88. The van der Waals surface area contributed by atoms with Gasteiger partial charge in [0.2, 0.25) is 11.8 Å². The van der Waals surface area contributed by atoms with E-state index in [1.165, 1.54) is 12.0 Å². The molecule has 2 aromatic rings. The number of para-hydroxylation sites is 1. The lowest BCUT2D eigenvalue weighted by molar-refractivity contribution is -0.136. The van der Waals surface area contributed by atoms with Gasteiger partial charge in [-0.1, -0.05) is 61.4 Å². The zero-order valence-electron chi connectivity index (χ0n) is 17.2. The predicted octanol–water partition coefficient (Wildman–Crippen LogP) is 4.45. The zero-order valence-corrected chi connectivity index (χ0v) is 17.2. The normalized spacial score (nSPS) is 25.4. The lowest BCUT2D eigenvalue weighted by Crippen LogP contribution is -2.50. The van der Waals surface area contributed by atoms with Gasteiger partial charge in [0, 0.05) is 24.4 Å². The van der Waals surface area contributed by atoms with Crippen molar-refractivity contribution in [3.05, 3.63) is 71.8 Å². The van der Waals surface area contributed by atoms with Gasteiger partial charge in [-0.15, -0.1) is 0 Å². The van der Waals surface area contributed by atoms with Crippen LogP contribution in [0.25, 0.3) is 6.08 Å². The number of amides is 2. The summed E-state index contributed by atoms with van der Waals surface area (Å²) in [5.74, 6) is 0.509. The summed E-state index contributed by atoms with van der Waals surface area (Å²) >= 11 is 0. The van der Waals surface area contributed by atoms with Gasteiger partial charge in [0.25, 0.3) is 0 Å². The number of rotatable bonds is 3. The molecule has 3 unspecified atom stereocenters. The highest BCUT2D eigenvalue weighted by molar-refractivity contribution is 6.03. The summed E-state index contributed by atoms with van der Waals surface area (Å²) in [7, 11) is 0. The molecule has 4 nitrogen and oxygen atoms in total. The monoisotopic (exact) mass is 400 g/mol. The van der Waals surface area contributed by atoms with Gasteiger partial charge in [-0.3, -0.25) is 9.59 Å². The fourth-order valence-electron chi connectivity index (χ4n) is 5.56. The third-order valence-corrected chi connectivity index (χ3v) is 7.00. The number of benzene rings is 2. The molecule has 3 aliphatic rings. The second-order valence-corrected chi connectivity index (χ2v) is 8.72. The number of carbonyl (C=O) groups is 2. The first-order valence-electron chi connectivity index (χ1n) is 11.2. The summed E-state index contributed by atoms with van der Waals surface area (Å²) < 4.78 is 0. The van der Waals surface area contributed by atoms with E-state index in [4.69, 9.17) is 0 Å². The maximum Gasteiger partial charge on any atom is 0.249 e. The van der Waals surface area contributed by atoms with E-state index in [2.05, 4.69) is 6.07 Å². The third kappa shape index (κ3) is 3.45. The highest BCUT2D eigenvalue weighted by atomic mass is 16.2. The first-order valence-corrected chi connectivity index (χ1v) is 11.2. The van der Waals surface area contributed by atoms with Gasteiger partial charge in [-0.25, -0.2) is 0 Å². The van der Waals surface area contributed by atoms with Gasteiger partial charge in [0.1, 0.15) is 6.04 Å². The molecule has 3 atom stereocenters. The lowest BCUT2D eigenvalue weighted by Gasteiger charge is -2.34. The van der Waals surface area contributed by atoms with E-state index in [1.54, 1.807) is 6.08 Å². The van der Waals surface area contributed by atoms with Crippen LogP contribution >= 0.6 is 0 Å². The van der Waals surface area contributed by atoms with E-state index in [9.17, 15) is 9.59 Å². The van der Waals surface area contributed by atoms with E-state index in [-0.39, 0.29) is 23.9 Å². The Morgan fingerprint density at radius 3 is 2.57 bits per heavy atom. The Labute approximate surface area is 178 Å². The van der Waals surface area contributed by atoms with Crippen LogP contribution in [0.4, 0.5) is 5.69 Å². The Balaban J connectivity index is 1.42. The number of fused-ring (bicyclic) bond motifs is 2. The molecular weight excluding hydrogens is 372 g/mol. The van der Waals surface area contributed by atoms with Crippen molar-refractivity contribution in [3.63, 3.8) is 0 Å². The van der Waals surface area contributed by atoms with Gasteiger partial charge in [-0.2, -0.15) is 0 Å². The molecule has 2 aliphatic heterocycles. The van der Waals surface area contributed by atoms with Crippen LogP contribution in [-0.4, -0.2) is 35.3 Å². The van der Waals surface area contributed by atoms with Gasteiger partial charge in [0.15, 0.2) is 0 Å². The first kappa shape index (κ1) is 19.1. The summed E-state index contributed by atoms with van der Waals surface area (Å²) in [5.41, 5.74) is 3.24. The molecule has 5 rings (SSSR count). The molecular formula is C26H28N2O2. The number of hydrogen-bond acceptors (Lipinski definition) is 2. The molecule has 1 saturated carbocycles. The summed E-state index contributed by atoms with van der Waals surface area (Å²) in [6.45, 7) is 0.714. The van der Waals surface area contributed by atoms with Crippen molar-refractivity contribution in [2.75, 3.05) is 11.4 Å². The van der Waals surface area contributed by atoms with Gasteiger partial charge in [-0.05, 0) is 54.9 Å². The summed E-state index contributed by atoms with van der Waals surface area (Å²) in [6, 6.07) is 17.9. The van der Waals surface area contributed by atoms with E-state index in [0.717, 1.165) is 43.4 Å². The van der Waals surface area contributed by atoms with E-state index < -0.39 is 0 Å². The highest BCUT2D eigenvalue weighted by Crippen LogP contribution is 2.41. The Morgan fingerprint density at radius 1 is 0.933 bits per heavy atom.